The Balaban J connectivity index is 2.18. The topological polar surface area (TPSA) is 59.9 Å². The number of halogens is 1. The fourth-order valence-electron chi connectivity index (χ4n) is 1.97. The molecule has 0 aliphatic carbocycles. The highest BCUT2D eigenvalue weighted by molar-refractivity contribution is 7.71. The molecule has 1 aromatic carbocycles. The van der Waals surface area contributed by atoms with Crippen LogP contribution in [0, 0.1) is 4.77 Å². The van der Waals surface area contributed by atoms with E-state index < -0.39 is 0 Å². The number of H-pyrrole nitrogens is 1. The van der Waals surface area contributed by atoms with Crippen molar-refractivity contribution >= 4 is 34.9 Å². The van der Waals surface area contributed by atoms with Crippen molar-refractivity contribution in [3.8, 4) is 11.5 Å². The second-order valence-electron chi connectivity index (χ2n) is 4.40. The van der Waals surface area contributed by atoms with E-state index in [1.807, 2.05) is 0 Å². The maximum Gasteiger partial charge on any atom is 0.294 e. The first kappa shape index (κ1) is 13.8. The van der Waals surface area contributed by atoms with Crippen molar-refractivity contribution in [1.29, 1.82) is 0 Å². The Hall–Kier alpha value is -2.18. The summed E-state index contributed by atoms with van der Waals surface area (Å²) in [6.07, 6.45) is 1.59. The van der Waals surface area contributed by atoms with Crippen LogP contribution in [-0.4, -0.2) is 14.5 Å². The maximum absolute atomic E-state index is 12.3. The lowest BCUT2D eigenvalue weighted by molar-refractivity contribution is 0.472. The van der Waals surface area contributed by atoms with Gasteiger partial charge < -0.3 is 9.72 Å². The van der Waals surface area contributed by atoms with Crippen molar-refractivity contribution in [2.45, 2.75) is 0 Å². The van der Waals surface area contributed by atoms with E-state index in [4.69, 9.17) is 28.6 Å². The van der Waals surface area contributed by atoms with Crippen LogP contribution in [0.1, 0.15) is 0 Å². The molecule has 2 aromatic heterocycles. The molecular weight excluding hydrogens is 310 g/mol. The number of aromatic nitrogens is 3. The van der Waals surface area contributed by atoms with Gasteiger partial charge in [0.2, 0.25) is 0 Å². The van der Waals surface area contributed by atoms with Crippen molar-refractivity contribution in [1.82, 2.24) is 14.5 Å². The molecule has 106 valence electrons. The van der Waals surface area contributed by atoms with Gasteiger partial charge in [0.15, 0.2) is 10.5 Å². The third-order valence-corrected chi connectivity index (χ3v) is 3.53. The van der Waals surface area contributed by atoms with Crippen molar-refractivity contribution in [3.63, 3.8) is 0 Å². The molecule has 0 radical (unpaired) electrons. The minimum absolute atomic E-state index is 0.172. The zero-order valence-corrected chi connectivity index (χ0v) is 12.5. The highest BCUT2D eigenvalue weighted by atomic mass is 35.5. The maximum atomic E-state index is 12.3. The van der Waals surface area contributed by atoms with E-state index in [0.29, 0.717) is 26.6 Å². The largest absolute Gasteiger partial charge is 0.450 e. The van der Waals surface area contributed by atoms with Crippen molar-refractivity contribution in [2.24, 2.45) is 7.05 Å². The van der Waals surface area contributed by atoms with Crippen molar-refractivity contribution < 1.29 is 4.74 Å². The van der Waals surface area contributed by atoms with Gasteiger partial charge in [0.05, 0.1) is 5.02 Å². The monoisotopic (exact) mass is 319 g/mol. The molecule has 0 fully saturated rings. The number of para-hydroxylation sites is 1. The highest BCUT2D eigenvalue weighted by Crippen LogP contribution is 2.28. The Morgan fingerprint density at radius 2 is 2.10 bits per heavy atom. The zero-order chi connectivity index (χ0) is 15.0. The number of ether oxygens (including phenoxy) is 1. The van der Waals surface area contributed by atoms with Crippen LogP contribution in [0.25, 0.3) is 11.0 Å². The van der Waals surface area contributed by atoms with E-state index in [9.17, 15) is 4.79 Å². The van der Waals surface area contributed by atoms with Crippen molar-refractivity contribution in [3.05, 3.63) is 56.7 Å². The Morgan fingerprint density at radius 3 is 2.86 bits per heavy atom. The van der Waals surface area contributed by atoms with Crippen LogP contribution >= 0.6 is 23.8 Å². The van der Waals surface area contributed by atoms with Gasteiger partial charge in [-0.2, -0.15) is 0 Å². The molecule has 3 aromatic rings. The smallest absolute Gasteiger partial charge is 0.294 e. The van der Waals surface area contributed by atoms with Gasteiger partial charge in [-0.05, 0) is 30.4 Å². The summed E-state index contributed by atoms with van der Waals surface area (Å²) in [5.74, 6) is 0.595. The Kier molecular flexibility index (Phi) is 3.48. The number of aryl methyl sites for hydroxylation is 1. The fraction of sp³-hybridized carbons (Fsp3) is 0.0714. The molecule has 0 amide bonds. The molecule has 0 aliphatic heterocycles. The number of benzene rings is 1. The standard InChI is InChI=1S/C14H10ClN3O2S/c1-18-12-8(7-16-14(21)17-12)6-11(13(18)19)20-10-5-3-2-4-9(10)15/h2-7H,1H3,(H,16,17,21). The molecule has 0 aliphatic rings. The lowest BCUT2D eigenvalue weighted by Crippen LogP contribution is -2.19. The molecule has 0 bridgehead atoms. The minimum Gasteiger partial charge on any atom is -0.450 e. The number of nitrogens with one attached hydrogen (secondary N) is 1. The number of pyridine rings is 1. The van der Waals surface area contributed by atoms with E-state index >= 15 is 0 Å². The Labute approximate surface area is 129 Å². The van der Waals surface area contributed by atoms with E-state index in [2.05, 4.69) is 9.97 Å². The number of hydrogen-bond donors (Lipinski definition) is 1. The molecule has 5 nitrogen and oxygen atoms in total. The molecule has 7 heteroatoms. The number of fused-ring (bicyclic) bond motifs is 1. The van der Waals surface area contributed by atoms with Crippen molar-refractivity contribution in [2.75, 3.05) is 0 Å². The van der Waals surface area contributed by atoms with Crippen LogP contribution < -0.4 is 10.3 Å². The first-order valence-corrected chi connectivity index (χ1v) is 6.86. The highest BCUT2D eigenvalue weighted by Gasteiger charge is 2.11. The summed E-state index contributed by atoms with van der Waals surface area (Å²) in [7, 11) is 1.63. The van der Waals surface area contributed by atoms with E-state index in [1.165, 1.54) is 4.57 Å². The van der Waals surface area contributed by atoms with Crippen LogP contribution in [0.4, 0.5) is 0 Å². The van der Waals surface area contributed by atoms with Gasteiger partial charge >= 0.3 is 0 Å². The lowest BCUT2D eigenvalue weighted by Gasteiger charge is -2.10. The van der Waals surface area contributed by atoms with Gasteiger partial charge in [-0.1, -0.05) is 23.7 Å². The van der Waals surface area contributed by atoms with E-state index in [-0.39, 0.29) is 11.3 Å². The third kappa shape index (κ3) is 2.55. The molecule has 0 saturated heterocycles. The normalized spacial score (nSPS) is 10.8. The predicted octanol–water partition coefficient (Wildman–Crippen LogP) is 3.44. The van der Waals surface area contributed by atoms with Gasteiger partial charge in [-0.3, -0.25) is 9.36 Å². The van der Waals surface area contributed by atoms with Gasteiger partial charge in [0, 0.05) is 18.6 Å². The summed E-state index contributed by atoms with van der Waals surface area (Å²) in [4.78, 5) is 19.2. The molecule has 0 saturated carbocycles. The first-order chi connectivity index (χ1) is 10.1. The Bertz CT molecular complexity index is 949. The summed E-state index contributed by atoms with van der Waals surface area (Å²) in [6, 6.07) is 8.58. The number of nitrogens with zero attached hydrogens (tertiary/aromatic N) is 2. The average Bonchev–Trinajstić information content (AvgIpc) is 2.47. The van der Waals surface area contributed by atoms with Crippen LogP contribution in [0.3, 0.4) is 0 Å². The Morgan fingerprint density at radius 1 is 1.33 bits per heavy atom. The molecule has 1 N–H and O–H groups in total. The summed E-state index contributed by atoms with van der Waals surface area (Å²) >= 11 is 11.0. The molecular formula is C14H10ClN3O2S. The van der Waals surface area contributed by atoms with Gasteiger partial charge in [-0.15, -0.1) is 0 Å². The number of aromatic amines is 1. The minimum atomic E-state index is -0.292. The van der Waals surface area contributed by atoms with Crippen LogP contribution in [0.15, 0.2) is 41.3 Å². The van der Waals surface area contributed by atoms with E-state index in [1.54, 1.807) is 43.6 Å². The summed E-state index contributed by atoms with van der Waals surface area (Å²) in [6.45, 7) is 0. The SMILES string of the molecule is Cn1c(=O)c(Oc2ccccc2Cl)cc2cnc(=S)[nH]c21. The molecule has 3 rings (SSSR count). The third-order valence-electron chi connectivity index (χ3n) is 3.01. The first-order valence-electron chi connectivity index (χ1n) is 6.08. The van der Waals surface area contributed by atoms with E-state index in [0.717, 1.165) is 0 Å². The molecule has 0 spiro atoms. The molecule has 21 heavy (non-hydrogen) atoms. The van der Waals surface area contributed by atoms with Crippen LogP contribution in [0.5, 0.6) is 11.5 Å². The number of rotatable bonds is 2. The zero-order valence-electron chi connectivity index (χ0n) is 11.0. The lowest BCUT2D eigenvalue weighted by atomic mass is 10.3. The van der Waals surface area contributed by atoms with Crippen LogP contribution in [-0.2, 0) is 7.05 Å². The molecule has 2 heterocycles. The molecule has 0 unspecified atom stereocenters. The van der Waals surface area contributed by atoms with Gasteiger partial charge in [0.25, 0.3) is 5.56 Å². The number of hydrogen-bond acceptors (Lipinski definition) is 4. The average molecular weight is 320 g/mol. The van der Waals surface area contributed by atoms with Gasteiger partial charge in [0.1, 0.15) is 11.4 Å². The summed E-state index contributed by atoms with van der Waals surface area (Å²) in [5.41, 5.74) is 0.297. The fourth-order valence-corrected chi connectivity index (χ4v) is 2.29. The summed E-state index contributed by atoms with van der Waals surface area (Å²) in [5, 5.41) is 1.15. The van der Waals surface area contributed by atoms with Crippen LogP contribution in [0.2, 0.25) is 5.02 Å². The predicted molar refractivity (Wildman–Crippen MR) is 83.7 cm³/mol. The molecule has 0 atom stereocenters. The second kappa shape index (κ2) is 5.31. The summed E-state index contributed by atoms with van der Waals surface area (Å²) < 4.78 is 7.37. The second-order valence-corrected chi connectivity index (χ2v) is 5.19. The van der Waals surface area contributed by atoms with Gasteiger partial charge in [-0.25, -0.2) is 4.98 Å². The quantitative estimate of drug-likeness (QED) is 0.735.